The minimum Gasteiger partial charge on any atom is -0.463 e. The molecule has 4 aliphatic heterocycles. The van der Waals surface area contributed by atoms with E-state index >= 15 is 0 Å². The Kier molecular flexibility index (Phi) is 7.45. The lowest BCUT2D eigenvalue weighted by molar-refractivity contribution is 0.0231. The van der Waals surface area contributed by atoms with Crippen molar-refractivity contribution in [1.29, 1.82) is 0 Å². The molecule has 2 unspecified atom stereocenters. The Labute approximate surface area is 239 Å². The second kappa shape index (κ2) is 11.2. The van der Waals surface area contributed by atoms with E-state index in [0.29, 0.717) is 30.7 Å². The fourth-order valence-corrected chi connectivity index (χ4v) is 7.50. The number of nitrogens with one attached hydrogen (secondary N) is 1. The molecule has 1 aliphatic carbocycles. The van der Waals surface area contributed by atoms with Crippen molar-refractivity contribution in [1.82, 2.24) is 25.1 Å². The molecule has 7 rings (SSSR count). The summed E-state index contributed by atoms with van der Waals surface area (Å²) in [6, 6.07) is 11.0. The Bertz CT molecular complexity index is 1180. The molecule has 3 atom stereocenters. The van der Waals surface area contributed by atoms with Gasteiger partial charge in [-0.2, -0.15) is 9.97 Å². The van der Waals surface area contributed by atoms with E-state index < -0.39 is 0 Å². The maximum Gasteiger partial charge on any atom is 0.318 e. The normalized spacial score (nSPS) is 27.9. The van der Waals surface area contributed by atoms with Gasteiger partial charge in [0.25, 0.3) is 0 Å². The van der Waals surface area contributed by atoms with Crippen molar-refractivity contribution >= 4 is 5.82 Å². The second-order valence-electron chi connectivity index (χ2n) is 13.1. The van der Waals surface area contributed by atoms with Crippen LogP contribution in [-0.2, 0) is 24.1 Å². The number of likely N-dealkylation sites (N-methyl/N-ethyl adjacent to an activating group) is 1. The van der Waals surface area contributed by atoms with Gasteiger partial charge in [0.1, 0.15) is 5.82 Å². The van der Waals surface area contributed by atoms with E-state index in [9.17, 15) is 0 Å². The van der Waals surface area contributed by atoms with Crippen LogP contribution in [0.15, 0.2) is 24.3 Å². The molecule has 2 bridgehead atoms. The summed E-state index contributed by atoms with van der Waals surface area (Å²) in [5.41, 5.74) is 5.64. The highest BCUT2D eigenvalue weighted by molar-refractivity contribution is 5.53. The van der Waals surface area contributed by atoms with Gasteiger partial charge in [-0.25, -0.2) is 0 Å². The van der Waals surface area contributed by atoms with Gasteiger partial charge < -0.3 is 19.7 Å². The van der Waals surface area contributed by atoms with Crippen LogP contribution >= 0.6 is 0 Å². The molecule has 216 valence electrons. The van der Waals surface area contributed by atoms with Gasteiger partial charge in [0.15, 0.2) is 0 Å². The highest BCUT2D eigenvalue weighted by Crippen LogP contribution is 2.47. The predicted molar refractivity (Wildman–Crippen MR) is 157 cm³/mol. The van der Waals surface area contributed by atoms with Crippen LogP contribution in [-0.4, -0.2) is 91.4 Å². The summed E-state index contributed by atoms with van der Waals surface area (Å²) in [6.45, 7) is 10.7. The van der Waals surface area contributed by atoms with E-state index in [2.05, 4.69) is 58.3 Å². The number of rotatable bonds is 9. The molecule has 1 aromatic carbocycles. The van der Waals surface area contributed by atoms with Crippen molar-refractivity contribution in [2.24, 2.45) is 5.41 Å². The van der Waals surface area contributed by atoms with Crippen molar-refractivity contribution in [3.05, 3.63) is 46.6 Å². The van der Waals surface area contributed by atoms with Gasteiger partial charge in [0.05, 0.1) is 25.5 Å². The summed E-state index contributed by atoms with van der Waals surface area (Å²) in [5.74, 6) is 1.11. The summed E-state index contributed by atoms with van der Waals surface area (Å²) in [7, 11) is 2.27. The van der Waals surface area contributed by atoms with Crippen molar-refractivity contribution in [2.75, 3.05) is 64.5 Å². The number of anilines is 1. The summed E-state index contributed by atoms with van der Waals surface area (Å²) in [4.78, 5) is 17.9. The van der Waals surface area contributed by atoms with Crippen LogP contribution in [0.3, 0.4) is 0 Å². The van der Waals surface area contributed by atoms with E-state index in [1.54, 1.807) is 0 Å². The quantitative estimate of drug-likeness (QED) is 0.512. The first-order valence-corrected chi connectivity index (χ1v) is 15.7. The number of aromatic nitrogens is 2. The molecule has 1 aromatic heterocycles. The summed E-state index contributed by atoms with van der Waals surface area (Å²) >= 11 is 0. The van der Waals surface area contributed by atoms with Crippen LogP contribution in [0.4, 0.5) is 5.82 Å². The van der Waals surface area contributed by atoms with Crippen molar-refractivity contribution < 1.29 is 9.47 Å². The van der Waals surface area contributed by atoms with E-state index in [1.165, 1.54) is 48.1 Å². The molecule has 40 heavy (non-hydrogen) atoms. The molecular formula is C32H46N6O2. The largest absolute Gasteiger partial charge is 0.463 e. The first-order chi connectivity index (χ1) is 19.6. The number of fused-ring (bicyclic) bond motifs is 3. The molecule has 0 radical (unpaired) electrons. The molecule has 8 heteroatoms. The van der Waals surface area contributed by atoms with Crippen LogP contribution in [0, 0.1) is 5.41 Å². The molecule has 0 amide bonds. The Morgan fingerprint density at radius 2 is 1.85 bits per heavy atom. The lowest BCUT2D eigenvalue weighted by Crippen LogP contribution is -2.52. The molecule has 4 fully saturated rings. The first-order valence-electron chi connectivity index (χ1n) is 15.7. The third-order valence-electron chi connectivity index (χ3n) is 9.95. The van der Waals surface area contributed by atoms with Gasteiger partial charge in [-0.05, 0) is 50.3 Å². The second-order valence-corrected chi connectivity index (χ2v) is 13.1. The molecule has 1 N–H and O–H groups in total. The average molecular weight is 547 g/mol. The fraction of sp³-hybridized carbons (Fsp3) is 0.688. The van der Waals surface area contributed by atoms with Crippen molar-refractivity contribution in [3.8, 4) is 6.01 Å². The third-order valence-corrected chi connectivity index (χ3v) is 9.95. The highest BCUT2D eigenvalue weighted by atomic mass is 16.5. The molecular weight excluding hydrogens is 500 g/mol. The first kappa shape index (κ1) is 26.6. The zero-order valence-electron chi connectivity index (χ0n) is 24.4. The number of ether oxygens (including phenoxy) is 2. The average Bonchev–Trinajstić information content (AvgIpc) is 3.66. The lowest BCUT2D eigenvalue weighted by atomic mass is 9.89. The number of hydrogen-bond donors (Lipinski definition) is 1. The zero-order valence-corrected chi connectivity index (χ0v) is 24.4. The van der Waals surface area contributed by atoms with Gasteiger partial charge in [-0.1, -0.05) is 37.6 Å². The number of piperazine rings is 1. The van der Waals surface area contributed by atoms with Crippen LogP contribution in [0.2, 0.25) is 0 Å². The number of hydrogen-bond acceptors (Lipinski definition) is 8. The van der Waals surface area contributed by atoms with Crippen LogP contribution < -0.4 is 15.0 Å². The van der Waals surface area contributed by atoms with Gasteiger partial charge in [0, 0.05) is 74.8 Å². The number of morpholine rings is 1. The fourth-order valence-electron chi connectivity index (χ4n) is 7.50. The zero-order chi connectivity index (χ0) is 27.1. The molecule has 8 nitrogen and oxygen atoms in total. The lowest BCUT2D eigenvalue weighted by Gasteiger charge is -2.39. The summed E-state index contributed by atoms with van der Waals surface area (Å²) < 4.78 is 12.1. The van der Waals surface area contributed by atoms with E-state index in [-0.39, 0.29) is 5.41 Å². The van der Waals surface area contributed by atoms with E-state index in [4.69, 9.17) is 19.4 Å². The minimum atomic E-state index is 0.243. The Hall–Kier alpha value is -2.26. The Morgan fingerprint density at radius 3 is 2.60 bits per heavy atom. The Balaban J connectivity index is 1.17. The maximum atomic E-state index is 6.54. The maximum absolute atomic E-state index is 6.54. The number of benzene rings is 1. The molecule has 0 spiro atoms. The van der Waals surface area contributed by atoms with Crippen LogP contribution in [0.1, 0.15) is 67.5 Å². The number of aryl methyl sites for hydroxylation is 1. The van der Waals surface area contributed by atoms with Gasteiger partial charge in [-0.15, -0.1) is 0 Å². The smallest absolute Gasteiger partial charge is 0.318 e. The van der Waals surface area contributed by atoms with Gasteiger partial charge in [0.2, 0.25) is 0 Å². The van der Waals surface area contributed by atoms with Gasteiger partial charge >= 0.3 is 6.01 Å². The van der Waals surface area contributed by atoms with E-state index in [0.717, 1.165) is 77.6 Å². The molecule has 3 saturated heterocycles. The summed E-state index contributed by atoms with van der Waals surface area (Å²) in [6.07, 6.45) is 8.15. The minimum absolute atomic E-state index is 0.243. The van der Waals surface area contributed by atoms with Crippen molar-refractivity contribution in [2.45, 2.75) is 76.5 Å². The highest BCUT2D eigenvalue weighted by Gasteiger charge is 2.45. The standard InChI is InChI=1S/C32H46N6O2/c1-3-6-23-7-4-5-8-26(23)29-17-28-27(20-36(29)2)30(38-18-24-9-10-25(19-38)33-24)35-31(34-28)40-22-32(11-12-32)21-37-13-15-39-16-14-37/h4-5,7-8,24-25,29,33H,3,6,9-22H2,1-2H3/t24-,25?,29?/m1/s1. The third kappa shape index (κ3) is 5.48. The van der Waals surface area contributed by atoms with Crippen LogP contribution in [0.5, 0.6) is 6.01 Å². The van der Waals surface area contributed by atoms with Gasteiger partial charge in [-0.3, -0.25) is 9.80 Å². The van der Waals surface area contributed by atoms with Crippen molar-refractivity contribution in [3.63, 3.8) is 0 Å². The molecule has 5 heterocycles. The van der Waals surface area contributed by atoms with Crippen LogP contribution in [0.25, 0.3) is 0 Å². The monoisotopic (exact) mass is 546 g/mol. The van der Waals surface area contributed by atoms with E-state index in [1.807, 2.05) is 0 Å². The SMILES string of the molecule is CCCc1ccccc1C1Cc2nc(OCC3(CN4CCOCC4)CC3)nc(N3CC4CC[C@H](C3)N4)c2CN1C. The molecule has 5 aliphatic rings. The molecule has 1 saturated carbocycles. The molecule has 2 aromatic rings. The predicted octanol–water partition coefficient (Wildman–Crippen LogP) is 3.59. The topological polar surface area (TPSA) is 66.0 Å². The Morgan fingerprint density at radius 1 is 1.07 bits per heavy atom. The number of nitrogens with zero attached hydrogens (tertiary/aromatic N) is 5. The summed E-state index contributed by atoms with van der Waals surface area (Å²) in [5, 5.41) is 3.79.